The summed E-state index contributed by atoms with van der Waals surface area (Å²) >= 11 is 0. The van der Waals surface area contributed by atoms with Crippen molar-refractivity contribution in [3.63, 3.8) is 0 Å². The Morgan fingerprint density at radius 3 is 2.38 bits per heavy atom. The van der Waals surface area contributed by atoms with Gasteiger partial charge in [-0.1, -0.05) is 17.7 Å². The number of carbonyl (C=O) groups excluding carboxylic acids is 1. The number of hydrogen-bond donors (Lipinski definition) is 0. The summed E-state index contributed by atoms with van der Waals surface area (Å²) in [5, 5.41) is 8.72. The van der Waals surface area contributed by atoms with Gasteiger partial charge in [0.1, 0.15) is 0 Å². The maximum Gasteiger partial charge on any atom is 0.177 e. The molecule has 0 aromatic heterocycles. The van der Waals surface area contributed by atoms with Gasteiger partial charge in [-0.2, -0.15) is 5.26 Å². The zero-order valence-corrected chi connectivity index (χ0v) is 13.4. The van der Waals surface area contributed by atoms with E-state index in [0.29, 0.717) is 32.7 Å². The van der Waals surface area contributed by atoms with Crippen LogP contribution >= 0.6 is 0 Å². The fraction of sp³-hybridized carbons (Fsp3) is 0.529. The second-order valence-electron chi connectivity index (χ2n) is 5.37. The van der Waals surface area contributed by atoms with Crippen LogP contribution in [0, 0.1) is 32.1 Å². The van der Waals surface area contributed by atoms with Gasteiger partial charge in [0, 0.05) is 32.2 Å². The molecule has 0 bridgehead atoms. The standard InChI is InChI=1S/C17H24N2O2/c1-13-10-14(2)17(15(3)11-13)16(20)12-19(7-5-6-18)8-9-21-4/h10-11H,5,7-9,12H2,1-4H3. The van der Waals surface area contributed by atoms with Gasteiger partial charge in [0.15, 0.2) is 5.78 Å². The molecule has 0 N–H and O–H groups in total. The molecule has 21 heavy (non-hydrogen) atoms. The van der Waals surface area contributed by atoms with Crippen molar-refractivity contribution < 1.29 is 9.53 Å². The van der Waals surface area contributed by atoms with E-state index in [0.717, 1.165) is 16.7 Å². The van der Waals surface area contributed by atoms with Crippen LogP contribution < -0.4 is 0 Å². The highest BCUT2D eigenvalue weighted by molar-refractivity contribution is 6.00. The van der Waals surface area contributed by atoms with Crippen LogP contribution in [0.15, 0.2) is 12.1 Å². The van der Waals surface area contributed by atoms with Crippen molar-refractivity contribution in [2.75, 3.05) is 33.4 Å². The Balaban J connectivity index is 2.84. The number of ether oxygens (including phenoxy) is 1. The van der Waals surface area contributed by atoms with Gasteiger partial charge in [-0.3, -0.25) is 9.69 Å². The molecule has 0 fully saturated rings. The molecule has 0 amide bonds. The van der Waals surface area contributed by atoms with Gasteiger partial charge in [0.25, 0.3) is 0 Å². The van der Waals surface area contributed by atoms with Gasteiger partial charge in [0.05, 0.1) is 19.2 Å². The monoisotopic (exact) mass is 288 g/mol. The van der Waals surface area contributed by atoms with Crippen LogP contribution in [0.3, 0.4) is 0 Å². The van der Waals surface area contributed by atoms with Crippen LogP contribution in [0.5, 0.6) is 0 Å². The number of nitriles is 1. The molecule has 4 heteroatoms. The Kier molecular flexibility index (Phi) is 7.07. The van der Waals surface area contributed by atoms with Gasteiger partial charge in [-0.05, 0) is 31.9 Å². The number of ketones is 1. The molecule has 0 atom stereocenters. The molecule has 0 radical (unpaired) electrons. The third-order valence-corrected chi connectivity index (χ3v) is 3.47. The largest absolute Gasteiger partial charge is 0.383 e. The van der Waals surface area contributed by atoms with Crippen molar-refractivity contribution in [3.05, 3.63) is 34.4 Å². The topological polar surface area (TPSA) is 53.3 Å². The van der Waals surface area contributed by atoms with Crippen LogP contribution in [0.4, 0.5) is 0 Å². The summed E-state index contributed by atoms with van der Waals surface area (Å²) < 4.78 is 5.07. The van der Waals surface area contributed by atoms with Crippen LogP contribution in [0.25, 0.3) is 0 Å². The zero-order valence-electron chi connectivity index (χ0n) is 13.4. The van der Waals surface area contributed by atoms with E-state index in [4.69, 9.17) is 10.00 Å². The number of nitrogens with zero attached hydrogens (tertiary/aromatic N) is 2. The maximum atomic E-state index is 12.6. The predicted molar refractivity (Wildman–Crippen MR) is 83.5 cm³/mol. The van der Waals surface area contributed by atoms with Crippen molar-refractivity contribution in [2.45, 2.75) is 27.2 Å². The summed E-state index contributed by atoms with van der Waals surface area (Å²) in [7, 11) is 1.64. The molecule has 0 saturated carbocycles. The minimum absolute atomic E-state index is 0.110. The molecule has 0 heterocycles. The number of Topliss-reactive ketones (excluding diaryl/α,β-unsaturated/α-hetero) is 1. The summed E-state index contributed by atoms with van der Waals surface area (Å²) in [6.07, 6.45) is 0.420. The molecule has 1 aromatic rings. The molecule has 0 aliphatic carbocycles. The molecule has 0 aliphatic heterocycles. The van der Waals surface area contributed by atoms with E-state index < -0.39 is 0 Å². The van der Waals surface area contributed by atoms with Gasteiger partial charge < -0.3 is 4.74 Å². The third kappa shape index (κ3) is 5.30. The fourth-order valence-electron chi connectivity index (χ4n) is 2.60. The Bertz CT molecular complexity index is 509. The molecule has 0 saturated heterocycles. The second-order valence-corrected chi connectivity index (χ2v) is 5.37. The summed E-state index contributed by atoms with van der Waals surface area (Å²) in [4.78, 5) is 14.5. The average molecular weight is 288 g/mol. The van der Waals surface area contributed by atoms with Crippen molar-refractivity contribution in [1.82, 2.24) is 4.90 Å². The molecular formula is C17H24N2O2. The fourth-order valence-corrected chi connectivity index (χ4v) is 2.60. The van der Waals surface area contributed by atoms with Crippen LogP contribution in [0.1, 0.15) is 33.5 Å². The highest BCUT2D eigenvalue weighted by Crippen LogP contribution is 2.17. The lowest BCUT2D eigenvalue weighted by Crippen LogP contribution is -2.34. The summed E-state index contributed by atoms with van der Waals surface area (Å²) in [5.74, 6) is 0.110. The third-order valence-electron chi connectivity index (χ3n) is 3.47. The first kappa shape index (κ1) is 17.4. The van der Waals surface area contributed by atoms with E-state index in [9.17, 15) is 4.79 Å². The number of rotatable bonds is 8. The van der Waals surface area contributed by atoms with Crippen LogP contribution in [-0.2, 0) is 4.74 Å². The highest BCUT2D eigenvalue weighted by atomic mass is 16.5. The maximum absolute atomic E-state index is 12.6. The first-order valence-electron chi connectivity index (χ1n) is 7.19. The number of aryl methyl sites for hydroxylation is 3. The quantitative estimate of drug-likeness (QED) is 0.690. The van der Waals surface area contributed by atoms with Crippen LogP contribution in [0.2, 0.25) is 0 Å². The van der Waals surface area contributed by atoms with E-state index in [1.807, 2.05) is 37.8 Å². The Morgan fingerprint density at radius 1 is 1.24 bits per heavy atom. The SMILES string of the molecule is COCCN(CCC#N)CC(=O)c1c(C)cc(C)cc1C. The predicted octanol–water partition coefficient (Wildman–Crippen LogP) is 2.66. The molecule has 114 valence electrons. The molecular weight excluding hydrogens is 264 g/mol. The summed E-state index contributed by atoms with van der Waals surface area (Å²) in [6, 6.07) is 6.20. The lowest BCUT2D eigenvalue weighted by Gasteiger charge is -2.21. The zero-order chi connectivity index (χ0) is 15.8. The van der Waals surface area contributed by atoms with Crippen molar-refractivity contribution in [2.24, 2.45) is 0 Å². The lowest BCUT2D eigenvalue weighted by atomic mass is 9.96. The Labute approximate surface area is 127 Å². The van der Waals surface area contributed by atoms with Gasteiger partial charge in [-0.25, -0.2) is 0 Å². The first-order chi connectivity index (χ1) is 9.99. The molecule has 0 spiro atoms. The van der Waals surface area contributed by atoms with E-state index >= 15 is 0 Å². The number of hydrogen-bond acceptors (Lipinski definition) is 4. The van der Waals surface area contributed by atoms with Crippen molar-refractivity contribution >= 4 is 5.78 Å². The molecule has 1 aromatic carbocycles. The number of carbonyl (C=O) groups is 1. The smallest absolute Gasteiger partial charge is 0.177 e. The average Bonchev–Trinajstić information content (AvgIpc) is 2.40. The van der Waals surface area contributed by atoms with Gasteiger partial charge >= 0.3 is 0 Å². The molecule has 0 aliphatic rings. The van der Waals surface area contributed by atoms with E-state index in [-0.39, 0.29) is 5.78 Å². The van der Waals surface area contributed by atoms with Crippen molar-refractivity contribution in [1.29, 1.82) is 5.26 Å². The van der Waals surface area contributed by atoms with Gasteiger partial charge in [0.2, 0.25) is 0 Å². The number of benzene rings is 1. The molecule has 0 unspecified atom stereocenters. The van der Waals surface area contributed by atoms with E-state index in [1.54, 1.807) is 7.11 Å². The van der Waals surface area contributed by atoms with E-state index in [2.05, 4.69) is 6.07 Å². The summed E-state index contributed by atoms with van der Waals surface area (Å²) in [5.41, 5.74) is 4.01. The Hall–Kier alpha value is -1.70. The minimum atomic E-state index is 0.110. The normalized spacial score (nSPS) is 10.7. The summed E-state index contributed by atoms with van der Waals surface area (Å²) in [6.45, 7) is 8.12. The van der Waals surface area contributed by atoms with Crippen LogP contribution in [-0.4, -0.2) is 44.0 Å². The Morgan fingerprint density at radius 2 is 1.86 bits per heavy atom. The molecule has 1 rings (SSSR count). The number of methoxy groups -OCH3 is 1. The van der Waals surface area contributed by atoms with Gasteiger partial charge in [-0.15, -0.1) is 0 Å². The molecule has 4 nitrogen and oxygen atoms in total. The second kappa shape index (κ2) is 8.56. The lowest BCUT2D eigenvalue weighted by molar-refractivity contribution is 0.0897. The van der Waals surface area contributed by atoms with Crippen molar-refractivity contribution in [3.8, 4) is 6.07 Å². The first-order valence-corrected chi connectivity index (χ1v) is 7.19. The minimum Gasteiger partial charge on any atom is -0.383 e. The highest BCUT2D eigenvalue weighted by Gasteiger charge is 2.16. The van der Waals surface area contributed by atoms with E-state index in [1.165, 1.54) is 5.56 Å².